The first-order valence-corrected chi connectivity index (χ1v) is 5.55. The molecule has 0 aromatic carbocycles. The van der Waals surface area contributed by atoms with Gasteiger partial charge in [-0.05, 0) is 12.8 Å². The largest absolute Gasteiger partial charge is 0.379 e. The summed E-state index contributed by atoms with van der Waals surface area (Å²) >= 11 is 1.68. The van der Waals surface area contributed by atoms with Gasteiger partial charge in [-0.2, -0.15) is 0 Å². The van der Waals surface area contributed by atoms with E-state index in [0.717, 1.165) is 31.2 Å². The molecule has 0 spiro atoms. The maximum absolute atomic E-state index is 5.28. The van der Waals surface area contributed by atoms with Gasteiger partial charge in [0.1, 0.15) is 0 Å². The van der Waals surface area contributed by atoms with Crippen molar-refractivity contribution >= 4 is 16.5 Å². The van der Waals surface area contributed by atoms with E-state index >= 15 is 0 Å². The Hall–Kier alpha value is -0.610. The highest BCUT2D eigenvalue weighted by Crippen LogP contribution is 2.18. The van der Waals surface area contributed by atoms with Gasteiger partial charge in [0.15, 0.2) is 5.13 Å². The minimum Gasteiger partial charge on any atom is -0.379 e. The van der Waals surface area contributed by atoms with Crippen LogP contribution in [0.2, 0.25) is 0 Å². The molecular weight excluding hydrogens is 184 g/mol. The van der Waals surface area contributed by atoms with Gasteiger partial charge < -0.3 is 10.1 Å². The summed E-state index contributed by atoms with van der Waals surface area (Å²) in [4.78, 5) is 4.44. The van der Waals surface area contributed by atoms with Crippen LogP contribution in [0.4, 0.5) is 5.13 Å². The maximum Gasteiger partial charge on any atom is 0.183 e. The molecule has 1 aromatic heterocycles. The number of ether oxygens (including phenoxy) is 1. The van der Waals surface area contributed by atoms with Crippen molar-refractivity contribution in [3.05, 3.63) is 11.1 Å². The maximum atomic E-state index is 5.28. The Morgan fingerprint density at radius 3 is 3.31 bits per heavy atom. The number of hydrogen-bond acceptors (Lipinski definition) is 4. The van der Waals surface area contributed by atoms with Gasteiger partial charge in [-0.25, -0.2) is 4.98 Å². The summed E-state index contributed by atoms with van der Waals surface area (Å²) in [6, 6.07) is 0.468. The monoisotopic (exact) mass is 198 g/mol. The summed E-state index contributed by atoms with van der Waals surface area (Å²) in [6.07, 6.45) is 2.11. The lowest BCUT2D eigenvalue weighted by Gasteiger charge is -2.07. The van der Waals surface area contributed by atoms with E-state index < -0.39 is 0 Å². The number of aryl methyl sites for hydroxylation is 1. The fourth-order valence-electron chi connectivity index (χ4n) is 1.36. The van der Waals surface area contributed by atoms with E-state index in [-0.39, 0.29) is 0 Å². The third kappa shape index (κ3) is 2.19. The second-order valence-corrected chi connectivity index (χ2v) is 4.06. The van der Waals surface area contributed by atoms with E-state index in [1.165, 1.54) is 5.69 Å². The summed E-state index contributed by atoms with van der Waals surface area (Å²) < 4.78 is 5.28. The second kappa shape index (κ2) is 4.07. The molecule has 1 unspecified atom stereocenters. The molecule has 0 saturated carbocycles. The highest BCUT2D eigenvalue weighted by atomic mass is 32.1. The molecule has 1 aliphatic rings. The Morgan fingerprint density at radius 1 is 1.77 bits per heavy atom. The Morgan fingerprint density at radius 2 is 2.69 bits per heavy atom. The molecule has 13 heavy (non-hydrogen) atoms. The van der Waals surface area contributed by atoms with Crippen molar-refractivity contribution in [1.29, 1.82) is 0 Å². The van der Waals surface area contributed by atoms with Gasteiger partial charge in [0.2, 0.25) is 0 Å². The molecule has 1 fully saturated rings. The Labute approximate surface area is 82.1 Å². The molecule has 0 aliphatic carbocycles. The first-order valence-electron chi connectivity index (χ1n) is 4.67. The van der Waals surface area contributed by atoms with Crippen molar-refractivity contribution in [2.75, 3.05) is 18.5 Å². The van der Waals surface area contributed by atoms with Crippen LogP contribution < -0.4 is 5.32 Å². The summed E-state index contributed by atoms with van der Waals surface area (Å²) in [5.41, 5.74) is 1.17. The smallest absolute Gasteiger partial charge is 0.183 e. The molecule has 1 N–H and O–H groups in total. The first-order chi connectivity index (χ1) is 6.38. The number of thiazole rings is 1. The Kier molecular flexibility index (Phi) is 2.80. The molecule has 3 nitrogen and oxygen atoms in total. The predicted molar refractivity (Wildman–Crippen MR) is 54.3 cm³/mol. The fraction of sp³-hybridized carbons (Fsp3) is 0.667. The van der Waals surface area contributed by atoms with Crippen molar-refractivity contribution in [3.8, 4) is 0 Å². The van der Waals surface area contributed by atoms with E-state index in [2.05, 4.69) is 22.6 Å². The van der Waals surface area contributed by atoms with Gasteiger partial charge in [-0.1, -0.05) is 6.92 Å². The third-order valence-electron chi connectivity index (χ3n) is 2.17. The fourth-order valence-corrected chi connectivity index (χ4v) is 2.23. The van der Waals surface area contributed by atoms with E-state index in [9.17, 15) is 0 Å². The van der Waals surface area contributed by atoms with Gasteiger partial charge >= 0.3 is 0 Å². The Bertz CT molecular complexity index is 268. The van der Waals surface area contributed by atoms with Crippen LogP contribution >= 0.6 is 11.3 Å². The van der Waals surface area contributed by atoms with Gasteiger partial charge in [-0.3, -0.25) is 0 Å². The number of hydrogen-bond donors (Lipinski definition) is 1. The van der Waals surface area contributed by atoms with Crippen LogP contribution in [0.3, 0.4) is 0 Å². The minimum atomic E-state index is 0.468. The van der Waals surface area contributed by atoms with Crippen LogP contribution in [0.5, 0.6) is 0 Å². The molecule has 1 atom stereocenters. The van der Waals surface area contributed by atoms with E-state index in [1.54, 1.807) is 11.3 Å². The zero-order valence-electron chi connectivity index (χ0n) is 7.75. The topological polar surface area (TPSA) is 34.1 Å². The molecule has 2 rings (SSSR count). The average molecular weight is 198 g/mol. The van der Waals surface area contributed by atoms with Crippen LogP contribution in [-0.2, 0) is 11.2 Å². The second-order valence-electron chi connectivity index (χ2n) is 3.20. The Balaban J connectivity index is 1.92. The van der Waals surface area contributed by atoms with E-state index in [0.29, 0.717) is 6.04 Å². The molecule has 1 aliphatic heterocycles. The predicted octanol–water partition coefficient (Wildman–Crippen LogP) is 1.91. The lowest BCUT2D eigenvalue weighted by atomic mass is 10.3. The van der Waals surface area contributed by atoms with Crippen molar-refractivity contribution in [1.82, 2.24) is 4.98 Å². The zero-order chi connectivity index (χ0) is 9.10. The normalized spacial score (nSPS) is 22.1. The number of rotatable bonds is 3. The minimum absolute atomic E-state index is 0.468. The molecule has 0 radical (unpaired) electrons. The number of nitrogens with zero attached hydrogens (tertiary/aromatic N) is 1. The first kappa shape index (κ1) is 8.97. The van der Waals surface area contributed by atoms with Crippen molar-refractivity contribution in [3.63, 3.8) is 0 Å². The third-order valence-corrected chi connectivity index (χ3v) is 2.99. The van der Waals surface area contributed by atoms with Crippen LogP contribution in [0.1, 0.15) is 19.0 Å². The number of nitrogens with one attached hydrogen (secondary N) is 1. The highest BCUT2D eigenvalue weighted by Gasteiger charge is 2.16. The van der Waals surface area contributed by atoms with E-state index in [1.807, 2.05) is 0 Å². The van der Waals surface area contributed by atoms with Crippen LogP contribution in [0, 0.1) is 0 Å². The van der Waals surface area contributed by atoms with E-state index in [4.69, 9.17) is 4.74 Å². The van der Waals surface area contributed by atoms with Crippen molar-refractivity contribution < 1.29 is 4.74 Å². The zero-order valence-corrected chi connectivity index (χ0v) is 8.56. The molecule has 4 heteroatoms. The number of anilines is 1. The summed E-state index contributed by atoms with van der Waals surface area (Å²) in [7, 11) is 0. The summed E-state index contributed by atoms with van der Waals surface area (Å²) in [5.74, 6) is 0. The van der Waals surface area contributed by atoms with Gasteiger partial charge in [0, 0.05) is 12.0 Å². The van der Waals surface area contributed by atoms with Crippen LogP contribution in [0.25, 0.3) is 0 Å². The number of aromatic nitrogens is 1. The lowest BCUT2D eigenvalue weighted by Crippen LogP contribution is -2.18. The molecule has 1 saturated heterocycles. The summed E-state index contributed by atoms with van der Waals surface area (Å²) in [5, 5.41) is 6.52. The highest BCUT2D eigenvalue weighted by molar-refractivity contribution is 7.13. The quantitative estimate of drug-likeness (QED) is 0.805. The molecule has 2 heterocycles. The molecule has 72 valence electrons. The summed E-state index contributed by atoms with van der Waals surface area (Å²) in [6.45, 7) is 3.82. The van der Waals surface area contributed by atoms with Crippen molar-refractivity contribution in [2.45, 2.75) is 25.8 Å². The molecule has 0 amide bonds. The standard InChI is InChI=1S/C9H14N2OS/c1-2-7-6-13-9(10-7)11-8-3-4-12-5-8/h6,8H,2-5H2,1H3,(H,10,11). The molecule has 0 bridgehead atoms. The SMILES string of the molecule is CCc1csc(NC2CCOC2)n1. The van der Waals surface area contributed by atoms with Gasteiger partial charge in [0.25, 0.3) is 0 Å². The van der Waals surface area contributed by atoms with Crippen LogP contribution in [0.15, 0.2) is 5.38 Å². The van der Waals surface area contributed by atoms with Gasteiger partial charge in [0.05, 0.1) is 18.3 Å². The molecule has 1 aromatic rings. The molecular formula is C9H14N2OS. The van der Waals surface area contributed by atoms with Crippen molar-refractivity contribution in [2.24, 2.45) is 0 Å². The lowest BCUT2D eigenvalue weighted by molar-refractivity contribution is 0.195. The average Bonchev–Trinajstić information content (AvgIpc) is 2.76. The van der Waals surface area contributed by atoms with Crippen LogP contribution in [-0.4, -0.2) is 24.2 Å². The van der Waals surface area contributed by atoms with Gasteiger partial charge in [-0.15, -0.1) is 11.3 Å².